The van der Waals surface area contributed by atoms with Gasteiger partial charge in [-0.15, -0.1) is 0 Å². The Bertz CT molecular complexity index is 1160. The fourth-order valence-corrected chi connectivity index (χ4v) is 20.6. The highest BCUT2D eigenvalue weighted by Crippen LogP contribution is 2.87. The first-order valence-corrected chi connectivity index (χ1v) is 19.0. The summed E-state index contributed by atoms with van der Waals surface area (Å²) in [5.41, 5.74) is 2.04. The van der Waals surface area contributed by atoms with Gasteiger partial charge >= 0.3 is 0 Å². The minimum absolute atomic E-state index is 0.430. The second-order valence-corrected chi connectivity index (χ2v) is 20.6. The van der Waals surface area contributed by atoms with Gasteiger partial charge in [-0.2, -0.15) is 13.5 Å². The van der Waals surface area contributed by atoms with Gasteiger partial charge in [0, 0.05) is 37.3 Å². The molecular weight excluding hydrogens is 565 g/mol. The number of hydrogen-bond donors (Lipinski definition) is 0. The van der Waals surface area contributed by atoms with Crippen LogP contribution < -0.4 is 9.47 Å². The molecule has 3 aliphatic rings. The summed E-state index contributed by atoms with van der Waals surface area (Å²) in [6.45, 7) is 3.48. The molecule has 2 unspecified atom stereocenters. The van der Waals surface area contributed by atoms with E-state index >= 15 is 0 Å². The molecule has 2 aromatic rings. The molecule has 0 radical (unpaired) electrons. The fourth-order valence-electron chi connectivity index (χ4n) is 4.18. The Hall–Kier alpha value is -0.190. The SMILES string of the molecule is ClP1(Cl)=NP(Cl)(Cl)=NP2(=N1)N1CCCN2Cc2ccccc2OCCOc2ccccc2C1. The van der Waals surface area contributed by atoms with Crippen molar-refractivity contribution in [1.82, 2.24) is 9.34 Å². The number of fused-ring (bicyclic) bond motifs is 2. The molecule has 0 saturated carbocycles. The highest BCUT2D eigenvalue weighted by atomic mass is 35.9. The number of hydrogen-bond acceptors (Lipinski definition) is 7. The molecule has 14 heteroatoms. The van der Waals surface area contributed by atoms with Crippen LogP contribution in [0.1, 0.15) is 17.5 Å². The minimum atomic E-state index is -3.11. The lowest BCUT2D eigenvalue weighted by molar-refractivity contribution is 0.214. The second-order valence-electron chi connectivity index (χ2n) is 7.76. The van der Waals surface area contributed by atoms with Crippen LogP contribution in [0.2, 0.25) is 0 Å². The molecule has 1 spiro atoms. The van der Waals surface area contributed by atoms with Gasteiger partial charge in [0.2, 0.25) is 7.51 Å². The molecule has 0 N–H and O–H groups in total. The summed E-state index contributed by atoms with van der Waals surface area (Å²) in [7, 11) is -2.84. The Morgan fingerprint density at radius 2 is 1.15 bits per heavy atom. The normalized spacial score (nSPS) is 30.2. The highest BCUT2D eigenvalue weighted by molar-refractivity contribution is 8.20. The average Bonchev–Trinajstić information content (AvgIpc) is 2.74. The van der Waals surface area contributed by atoms with Gasteiger partial charge in [0.15, 0.2) is 0 Å². The first-order valence-electron chi connectivity index (χ1n) is 10.4. The quantitative estimate of drug-likeness (QED) is 0.289. The van der Waals surface area contributed by atoms with Crippen molar-refractivity contribution in [3.63, 3.8) is 0 Å². The van der Waals surface area contributed by atoms with Gasteiger partial charge in [-0.25, -0.2) is 9.34 Å². The third-order valence-corrected chi connectivity index (χ3v) is 17.9. The summed E-state index contributed by atoms with van der Waals surface area (Å²) in [4.78, 5) is 0. The van der Waals surface area contributed by atoms with Crippen LogP contribution in [0.3, 0.4) is 0 Å². The van der Waals surface area contributed by atoms with Gasteiger partial charge in [-0.1, -0.05) is 36.4 Å². The summed E-state index contributed by atoms with van der Waals surface area (Å²) in [6.07, 6.45) is 0.919. The number of nitrogens with zero attached hydrogens (tertiary/aromatic N) is 5. The summed E-state index contributed by atoms with van der Waals surface area (Å²) < 4.78 is 30.7. The topological polar surface area (TPSA) is 62.0 Å². The molecule has 33 heavy (non-hydrogen) atoms. The predicted molar refractivity (Wildman–Crippen MR) is 141 cm³/mol. The number of benzene rings is 2. The van der Waals surface area contributed by atoms with Crippen molar-refractivity contribution in [1.29, 1.82) is 0 Å². The van der Waals surface area contributed by atoms with Gasteiger partial charge in [-0.05, 0) is 63.5 Å². The second kappa shape index (κ2) is 9.69. The molecule has 3 heterocycles. The van der Waals surface area contributed by atoms with Crippen LogP contribution in [0.4, 0.5) is 0 Å². The maximum atomic E-state index is 6.61. The lowest BCUT2D eigenvalue weighted by Gasteiger charge is -2.46. The fraction of sp³-hybridized carbons (Fsp3) is 0.368. The molecule has 0 aliphatic carbocycles. The number of rotatable bonds is 0. The van der Waals surface area contributed by atoms with E-state index in [9.17, 15) is 0 Å². The van der Waals surface area contributed by atoms with Crippen molar-refractivity contribution in [3.8, 4) is 11.5 Å². The zero-order valence-electron chi connectivity index (χ0n) is 17.5. The Balaban J connectivity index is 1.71. The zero-order valence-corrected chi connectivity index (χ0v) is 23.2. The molecule has 0 aromatic heterocycles. The lowest BCUT2D eigenvalue weighted by Crippen LogP contribution is -2.38. The minimum Gasteiger partial charge on any atom is -0.490 e. The van der Waals surface area contributed by atoms with Crippen LogP contribution in [0.15, 0.2) is 62.1 Å². The van der Waals surface area contributed by atoms with Gasteiger partial charge < -0.3 is 9.47 Å². The van der Waals surface area contributed by atoms with Crippen LogP contribution >= 0.6 is 64.3 Å². The molecule has 1 fully saturated rings. The Morgan fingerprint density at radius 1 is 0.667 bits per heavy atom. The van der Waals surface area contributed by atoms with Crippen molar-refractivity contribution in [3.05, 3.63) is 59.7 Å². The van der Waals surface area contributed by atoms with Crippen molar-refractivity contribution in [2.24, 2.45) is 13.5 Å². The molecular formula is C19H22Cl4N5O2P3. The summed E-state index contributed by atoms with van der Waals surface area (Å²) in [5, 5.41) is 0. The lowest BCUT2D eigenvalue weighted by atomic mass is 10.2. The largest absolute Gasteiger partial charge is 0.490 e. The van der Waals surface area contributed by atoms with E-state index in [0.29, 0.717) is 26.3 Å². The van der Waals surface area contributed by atoms with E-state index in [1.165, 1.54) is 0 Å². The number of para-hydroxylation sites is 2. The molecule has 7 nitrogen and oxygen atoms in total. The van der Waals surface area contributed by atoms with Crippen molar-refractivity contribution in [2.75, 3.05) is 26.3 Å². The van der Waals surface area contributed by atoms with Crippen molar-refractivity contribution >= 4 is 64.3 Å². The molecule has 2 atom stereocenters. The van der Waals surface area contributed by atoms with Crippen molar-refractivity contribution < 1.29 is 9.47 Å². The maximum absolute atomic E-state index is 6.61. The number of ether oxygens (including phenoxy) is 2. The van der Waals surface area contributed by atoms with Gasteiger partial charge in [0.1, 0.15) is 24.7 Å². The molecule has 2 aromatic carbocycles. The van der Waals surface area contributed by atoms with E-state index < -0.39 is 19.3 Å². The van der Waals surface area contributed by atoms with E-state index in [0.717, 1.165) is 42.1 Å². The van der Waals surface area contributed by atoms with Gasteiger partial charge in [-0.3, -0.25) is 0 Å². The van der Waals surface area contributed by atoms with E-state index in [-0.39, 0.29) is 0 Å². The molecule has 1 saturated heterocycles. The van der Waals surface area contributed by atoms with Crippen LogP contribution in [-0.4, -0.2) is 35.6 Å². The summed E-state index contributed by atoms with van der Waals surface area (Å²) >= 11 is 26.4. The van der Waals surface area contributed by atoms with Gasteiger partial charge in [0.25, 0.3) is 11.8 Å². The predicted octanol–water partition coefficient (Wildman–Crippen LogP) is 8.97. The van der Waals surface area contributed by atoms with Crippen LogP contribution in [0, 0.1) is 0 Å². The Kier molecular flexibility index (Phi) is 7.20. The van der Waals surface area contributed by atoms with Crippen LogP contribution in [0.5, 0.6) is 11.5 Å². The van der Waals surface area contributed by atoms with E-state index in [2.05, 4.69) is 13.9 Å². The van der Waals surface area contributed by atoms with E-state index in [1.54, 1.807) is 0 Å². The first kappa shape index (κ1) is 24.5. The molecule has 178 valence electrons. The van der Waals surface area contributed by atoms with Crippen LogP contribution in [0.25, 0.3) is 0 Å². The molecule has 3 aliphatic heterocycles. The monoisotopic (exact) mass is 585 g/mol. The third kappa shape index (κ3) is 5.33. The van der Waals surface area contributed by atoms with E-state index in [1.807, 2.05) is 48.5 Å². The first-order chi connectivity index (χ1) is 15.8. The van der Waals surface area contributed by atoms with Crippen molar-refractivity contribution in [2.45, 2.75) is 19.5 Å². The maximum Gasteiger partial charge on any atom is 0.257 e. The highest BCUT2D eigenvalue weighted by Gasteiger charge is 2.44. The zero-order chi connectivity index (χ0) is 23.1. The molecule has 5 rings (SSSR count). The standard InChI is InChI=1S/C19H22Cl4N5O2P3/c20-31(21)24-32(22,23)26-33(25-31)27-10-5-11-28(33)15-17-7-2-4-9-19(17)30-13-12-29-18-8-3-1-6-16(18)14-27/h1-4,6-9H,5,10-15H2. The Morgan fingerprint density at radius 3 is 1.67 bits per heavy atom. The summed E-state index contributed by atoms with van der Waals surface area (Å²) in [6, 6.07) is 15.9. The molecule has 0 amide bonds. The average molecular weight is 587 g/mol. The third-order valence-electron chi connectivity index (χ3n) is 5.51. The van der Waals surface area contributed by atoms with Gasteiger partial charge in [0.05, 0.1) is 0 Å². The smallest absolute Gasteiger partial charge is 0.257 e. The van der Waals surface area contributed by atoms with Crippen LogP contribution in [-0.2, 0) is 13.1 Å². The Labute approximate surface area is 212 Å². The summed E-state index contributed by atoms with van der Waals surface area (Å²) in [5.74, 6) is -4.64. The molecule has 2 bridgehead atoms. The number of halogens is 4. The van der Waals surface area contributed by atoms with E-state index in [4.69, 9.17) is 63.5 Å².